The van der Waals surface area contributed by atoms with Gasteiger partial charge in [-0.1, -0.05) is 129 Å². The van der Waals surface area contributed by atoms with Gasteiger partial charge >= 0.3 is 23.9 Å². The van der Waals surface area contributed by atoms with E-state index in [1.165, 1.54) is 101 Å². The number of carbonyl (C=O) groups is 4. The average molecular weight is 891 g/mol. The summed E-state index contributed by atoms with van der Waals surface area (Å²) >= 11 is 0. The highest BCUT2D eigenvalue weighted by Gasteiger charge is 2.20. The van der Waals surface area contributed by atoms with Crippen molar-refractivity contribution in [3.63, 3.8) is 0 Å². The molecule has 0 fully saturated rings. The molecule has 3 aromatic rings. The van der Waals surface area contributed by atoms with Gasteiger partial charge in [0, 0.05) is 24.3 Å². The molecular formula is C52H68F2O10. The molecule has 0 bridgehead atoms. The van der Waals surface area contributed by atoms with Gasteiger partial charge in [-0.15, -0.1) is 0 Å². The van der Waals surface area contributed by atoms with Gasteiger partial charge in [0.05, 0.1) is 37.6 Å². The van der Waals surface area contributed by atoms with Crippen molar-refractivity contribution in [3.05, 3.63) is 109 Å². The van der Waals surface area contributed by atoms with E-state index in [-0.39, 0.29) is 28.8 Å². The third-order valence-electron chi connectivity index (χ3n) is 10.5. The molecule has 0 atom stereocenters. The Morgan fingerprint density at radius 2 is 0.703 bits per heavy atom. The maximum Gasteiger partial charge on any atom is 0.343 e. The molecule has 10 nitrogen and oxygen atoms in total. The van der Waals surface area contributed by atoms with E-state index >= 15 is 0 Å². The molecule has 12 heteroatoms. The summed E-state index contributed by atoms with van der Waals surface area (Å²) in [4.78, 5) is 47.5. The van der Waals surface area contributed by atoms with Crippen LogP contribution in [0, 0.1) is 11.6 Å². The van der Waals surface area contributed by atoms with E-state index in [2.05, 4.69) is 13.2 Å². The minimum Gasteiger partial charge on any atom is -0.494 e. The van der Waals surface area contributed by atoms with Crippen LogP contribution >= 0.6 is 0 Å². The van der Waals surface area contributed by atoms with Crippen molar-refractivity contribution in [2.24, 2.45) is 0 Å². The van der Waals surface area contributed by atoms with Crippen LogP contribution in [0.15, 0.2) is 86.0 Å². The lowest BCUT2D eigenvalue weighted by Gasteiger charge is -2.11. The molecule has 0 aromatic heterocycles. The summed E-state index contributed by atoms with van der Waals surface area (Å²) in [7, 11) is 0. The molecule has 0 unspecified atom stereocenters. The van der Waals surface area contributed by atoms with Gasteiger partial charge in [-0.05, 0) is 74.2 Å². The summed E-state index contributed by atoms with van der Waals surface area (Å²) < 4.78 is 61.7. The zero-order valence-corrected chi connectivity index (χ0v) is 37.6. The van der Waals surface area contributed by atoms with Crippen LogP contribution in [0.5, 0.6) is 23.0 Å². The van der Waals surface area contributed by atoms with Crippen LogP contribution in [0.2, 0.25) is 0 Å². The standard InChI is InChI=1S/C52H68F2O10/c1-3-48(55)61-37-25-21-17-13-9-5-7-11-15-19-23-35-59-43-31-27-41(28-32-43)51(57)63-45-39-46(53)50(47(54)40-45)64-52(58)42-29-33-44(34-30-42)60-36-24-20-16-12-8-6-10-14-18-22-26-38-62-49(56)4-2/h3-4,27-34,39-40H,1-2,5-26,35-38H2. The second kappa shape index (κ2) is 33.1. The number of esters is 4. The second-order valence-electron chi connectivity index (χ2n) is 15.8. The van der Waals surface area contributed by atoms with Crippen LogP contribution in [-0.4, -0.2) is 50.3 Å². The van der Waals surface area contributed by atoms with Crippen molar-refractivity contribution in [1.29, 1.82) is 0 Å². The Hall–Kier alpha value is -5.52. The lowest BCUT2D eigenvalue weighted by molar-refractivity contribution is -0.138. The number of benzene rings is 3. The lowest BCUT2D eigenvalue weighted by Crippen LogP contribution is -2.12. The Morgan fingerprint density at radius 1 is 0.406 bits per heavy atom. The summed E-state index contributed by atoms with van der Waals surface area (Å²) in [6, 6.07) is 14.0. The van der Waals surface area contributed by atoms with Crippen LogP contribution in [-0.2, 0) is 19.1 Å². The van der Waals surface area contributed by atoms with E-state index in [1.807, 2.05) is 0 Å². The highest BCUT2D eigenvalue weighted by atomic mass is 19.1. The Morgan fingerprint density at radius 3 is 1.03 bits per heavy atom. The zero-order valence-electron chi connectivity index (χ0n) is 37.6. The fourth-order valence-electron chi connectivity index (χ4n) is 6.82. The predicted molar refractivity (Wildman–Crippen MR) is 244 cm³/mol. The normalized spacial score (nSPS) is 10.8. The van der Waals surface area contributed by atoms with Gasteiger partial charge in [-0.3, -0.25) is 0 Å². The first kappa shape index (κ1) is 52.8. The number of unbranched alkanes of at least 4 members (excludes halogenated alkanes) is 20. The molecule has 0 N–H and O–H groups in total. The minimum atomic E-state index is -1.20. The van der Waals surface area contributed by atoms with Crippen molar-refractivity contribution in [1.82, 2.24) is 0 Å². The minimum absolute atomic E-state index is 0.0804. The van der Waals surface area contributed by atoms with Gasteiger partial charge in [-0.2, -0.15) is 0 Å². The molecule has 0 aliphatic rings. The zero-order chi connectivity index (χ0) is 46.0. The summed E-state index contributed by atoms with van der Waals surface area (Å²) in [5, 5.41) is 0. The van der Waals surface area contributed by atoms with Crippen LogP contribution in [0.4, 0.5) is 8.78 Å². The smallest absolute Gasteiger partial charge is 0.343 e. The van der Waals surface area contributed by atoms with Crippen LogP contribution in [0.1, 0.15) is 162 Å². The van der Waals surface area contributed by atoms with Gasteiger partial charge in [-0.25, -0.2) is 28.0 Å². The van der Waals surface area contributed by atoms with E-state index < -0.39 is 29.3 Å². The maximum absolute atomic E-state index is 14.9. The van der Waals surface area contributed by atoms with Crippen LogP contribution in [0.3, 0.4) is 0 Å². The molecular weight excluding hydrogens is 823 g/mol. The molecule has 0 heterocycles. The molecule has 350 valence electrons. The summed E-state index contributed by atoms with van der Waals surface area (Å²) in [6.07, 6.45) is 26.9. The Kier molecular flexibility index (Phi) is 27.3. The van der Waals surface area contributed by atoms with E-state index in [4.69, 9.17) is 28.4 Å². The Bertz CT molecular complexity index is 1800. The number of rotatable bonds is 36. The fraction of sp³-hybridized carbons (Fsp3) is 0.500. The van der Waals surface area contributed by atoms with Crippen molar-refractivity contribution >= 4 is 23.9 Å². The van der Waals surface area contributed by atoms with E-state index in [9.17, 15) is 28.0 Å². The molecule has 0 aliphatic heterocycles. The quantitative estimate of drug-likeness (QED) is 0.0241. The molecule has 3 rings (SSSR count). The molecule has 64 heavy (non-hydrogen) atoms. The van der Waals surface area contributed by atoms with Crippen molar-refractivity contribution in [2.45, 2.75) is 141 Å². The first-order valence-electron chi connectivity index (χ1n) is 23.2. The Labute approximate surface area is 378 Å². The predicted octanol–water partition coefficient (Wildman–Crippen LogP) is 13.2. The molecule has 0 aliphatic carbocycles. The van der Waals surface area contributed by atoms with Gasteiger partial charge in [0.1, 0.15) is 17.2 Å². The monoisotopic (exact) mass is 890 g/mol. The van der Waals surface area contributed by atoms with Crippen LogP contribution < -0.4 is 18.9 Å². The molecule has 0 saturated carbocycles. The third kappa shape index (κ3) is 23.2. The topological polar surface area (TPSA) is 124 Å². The molecule has 3 aromatic carbocycles. The number of hydrogen-bond acceptors (Lipinski definition) is 10. The highest BCUT2D eigenvalue weighted by Crippen LogP contribution is 2.29. The highest BCUT2D eigenvalue weighted by molar-refractivity contribution is 5.92. The van der Waals surface area contributed by atoms with Gasteiger partial charge in [0.2, 0.25) is 5.75 Å². The number of halogens is 2. The van der Waals surface area contributed by atoms with Crippen molar-refractivity contribution < 1.29 is 56.4 Å². The summed E-state index contributed by atoms with van der Waals surface area (Å²) in [6.45, 7) is 8.77. The summed E-state index contributed by atoms with van der Waals surface area (Å²) in [5.41, 5.74) is 0.246. The molecule has 0 saturated heterocycles. The van der Waals surface area contributed by atoms with Crippen molar-refractivity contribution in [3.8, 4) is 23.0 Å². The third-order valence-corrected chi connectivity index (χ3v) is 10.5. The number of hydrogen-bond donors (Lipinski definition) is 0. The molecule has 0 amide bonds. The number of ether oxygens (including phenoxy) is 6. The van der Waals surface area contributed by atoms with Crippen LogP contribution in [0.25, 0.3) is 0 Å². The van der Waals surface area contributed by atoms with Gasteiger partial charge < -0.3 is 28.4 Å². The van der Waals surface area contributed by atoms with Crippen molar-refractivity contribution in [2.75, 3.05) is 26.4 Å². The fourth-order valence-corrected chi connectivity index (χ4v) is 6.82. The molecule has 0 spiro atoms. The average Bonchev–Trinajstić information content (AvgIpc) is 3.30. The largest absolute Gasteiger partial charge is 0.494 e. The molecule has 0 radical (unpaired) electrons. The first-order chi connectivity index (χ1) is 31.2. The van der Waals surface area contributed by atoms with E-state index in [0.29, 0.717) is 37.9 Å². The van der Waals surface area contributed by atoms with Gasteiger partial charge in [0.15, 0.2) is 11.6 Å². The van der Waals surface area contributed by atoms with E-state index in [1.54, 1.807) is 24.3 Å². The lowest BCUT2D eigenvalue weighted by atomic mass is 10.1. The van der Waals surface area contributed by atoms with E-state index in [0.717, 1.165) is 89.2 Å². The maximum atomic E-state index is 14.9. The summed E-state index contributed by atoms with van der Waals surface area (Å²) in [5.74, 6) is -5.03. The Balaban J connectivity index is 1.23. The first-order valence-corrected chi connectivity index (χ1v) is 23.2. The second-order valence-corrected chi connectivity index (χ2v) is 15.8. The number of carbonyl (C=O) groups excluding carboxylic acids is 4. The SMILES string of the molecule is C=CC(=O)OCCCCCCCCCCCCCOc1ccc(C(=O)Oc2cc(F)c(OC(=O)c3ccc(OCCCCCCCCCCCCCOC(=O)C=C)cc3)c(F)c2)cc1. The van der Waals surface area contributed by atoms with Gasteiger partial charge in [0.25, 0.3) is 0 Å².